The Bertz CT molecular complexity index is 1760. The molecule has 14 heteroatoms. The van der Waals surface area contributed by atoms with Crippen LogP contribution in [0.1, 0.15) is 24.8 Å². The van der Waals surface area contributed by atoms with Crippen LogP contribution in [0.4, 0.5) is 17.6 Å². The molecule has 0 aliphatic heterocycles. The normalized spacial score (nSPS) is 12.5. The average Bonchev–Trinajstić information content (AvgIpc) is 2.88. The Balaban J connectivity index is 1.57. The Morgan fingerprint density at radius 3 is 2.25 bits per heavy atom. The van der Waals surface area contributed by atoms with Crippen LogP contribution in [0.5, 0.6) is 11.5 Å². The smallest absolute Gasteiger partial charge is 0.418 e. The lowest BCUT2D eigenvalue weighted by atomic mass is 10.0. The Labute approximate surface area is 227 Å². The van der Waals surface area contributed by atoms with Gasteiger partial charge < -0.3 is 4.74 Å². The lowest BCUT2D eigenvalue weighted by Crippen LogP contribution is -2.08. The summed E-state index contributed by atoms with van der Waals surface area (Å²) >= 11 is 0. The first-order valence-electron chi connectivity index (χ1n) is 11.8. The SMILES string of the molecule is O=S(=O)(O)CCCCCS(=O)(=O)c1cccc(Oc2ccc(F)c(-c3ncnc4c(C(F)(F)F)cccc34)c2)c1. The molecule has 1 aromatic heterocycles. The lowest BCUT2D eigenvalue weighted by Gasteiger charge is -2.13. The molecule has 0 unspecified atom stereocenters. The van der Waals surface area contributed by atoms with Crippen molar-refractivity contribution in [2.24, 2.45) is 0 Å². The predicted octanol–water partition coefficient (Wildman–Crippen LogP) is 6.08. The van der Waals surface area contributed by atoms with Crippen LogP contribution in [0.15, 0.2) is 71.9 Å². The summed E-state index contributed by atoms with van der Waals surface area (Å²) in [6.45, 7) is 0. The summed E-state index contributed by atoms with van der Waals surface area (Å²) in [5.41, 5.74) is -1.60. The maximum atomic E-state index is 14.9. The van der Waals surface area contributed by atoms with Crippen molar-refractivity contribution in [1.29, 1.82) is 0 Å². The van der Waals surface area contributed by atoms with Crippen LogP contribution in [-0.2, 0) is 26.1 Å². The fourth-order valence-electron chi connectivity index (χ4n) is 4.02. The van der Waals surface area contributed by atoms with Gasteiger partial charge in [-0.1, -0.05) is 24.6 Å². The van der Waals surface area contributed by atoms with Crippen LogP contribution in [-0.4, -0.2) is 42.9 Å². The van der Waals surface area contributed by atoms with Crippen molar-refractivity contribution in [1.82, 2.24) is 9.97 Å². The highest BCUT2D eigenvalue weighted by molar-refractivity contribution is 7.91. The molecule has 0 atom stereocenters. The summed E-state index contributed by atoms with van der Waals surface area (Å²) in [6.07, 6.45) is -3.20. The van der Waals surface area contributed by atoms with Gasteiger partial charge in [-0.25, -0.2) is 22.8 Å². The van der Waals surface area contributed by atoms with Gasteiger partial charge >= 0.3 is 6.18 Å². The number of unbranched alkanes of at least 4 members (excludes halogenated alkanes) is 2. The summed E-state index contributed by atoms with van der Waals surface area (Å²) in [5, 5.41) is -0.0157. The molecule has 8 nitrogen and oxygen atoms in total. The molecule has 0 saturated heterocycles. The number of rotatable bonds is 10. The summed E-state index contributed by atoms with van der Waals surface area (Å²) in [6, 6.07) is 12.5. The molecule has 0 spiro atoms. The van der Waals surface area contributed by atoms with Gasteiger partial charge in [-0.2, -0.15) is 21.6 Å². The third-order valence-electron chi connectivity index (χ3n) is 5.88. The third kappa shape index (κ3) is 7.11. The van der Waals surface area contributed by atoms with Gasteiger partial charge in [0.25, 0.3) is 10.1 Å². The molecule has 0 aliphatic carbocycles. The number of alkyl halides is 3. The average molecular weight is 599 g/mol. The van der Waals surface area contributed by atoms with Gasteiger partial charge in [-0.15, -0.1) is 0 Å². The van der Waals surface area contributed by atoms with E-state index in [9.17, 15) is 34.4 Å². The Kier molecular flexibility index (Phi) is 8.42. The lowest BCUT2D eigenvalue weighted by molar-refractivity contribution is -0.136. The monoisotopic (exact) mass is 598 g/mol. The van der Waals surface area contributed by atoms with Crippen molar-refractivity contribution in [2.45, 2.75) is 30.3 Å². The molecule has 0 bridgehead atoms. The standard InChI is InChI=1S/C26H22F4N2O6S2/c27-23-11-10-18(15-21(23)24-20-8-5-9-22(26(28,29)30)25(20)32-16-31-24)38-17-6-4-7-19(14-17)39(33,34)12-2-1-3-13-40(35,36)37/h4-11,14-16H,1-3,12-13H2,(H,35,36,37). The van der Waals surface area contributed by atoms with E-state index in [1.54, 1.807) is 0 Å². The molecule has 0 fully saturated rings. The van der Waals surface area contributed by atoms with Crippen LogP contribution in [0, 0.1) is 5.82 Å². The summed E-state index contributed by atoms with van der Waals surface area (Å²) < 4.78 is 117. The topological polar surface area (TPSA) is 124 Å². The summed E-state index contributed by atoms with van der Waals surface area (Å²) in [7, 11) is -7.86. The van der Waals surface area contributed by atoms with Crippen LogP contribution in [0.3, 0.4) is 0 Å². The highest BCUT2D eigenvalue weighted by Crippen LogP contribution is 2.38. The zero-order valence-electron chi connectivity index (χ0n) is 20.6. The fraction of sp³-hybridized carbons (Fsp3) is 0.231. The first-order valence-corrected chi connectivity index (χ1v) is 15.1. The molecule has 3 aromatic carbocycles. The molecule has 0 saturated carbocycles. The number of hydrogen-bond acceptors (Lipinski definition) is 7. The Morgan fingerprint density at radius 2 is 1.52 bits per heavy atom. The second-order valence-corrected chi connectivity index (χ2v) is 12.5. The van der Waals surface area contributed by atoms with Crippen LogP contribution < -0.4 is 4.74 Å². The van der Waals surface area contributed by atoms with Crippen molar-refractivity contribution in [2.75, 3.05) is 11.5 Å². The Hall–Kier alpha value is -3.62. The van der Waals surface area contributed by atoms with Gasteiger partial charge in [0.15, 0.2) is 9.84 Å². The van der Waals surface area contributed by atoms with E-state index in [4.69, 9.17) is 9.29 Å². The molecule has 4 rings (SSSR count). The largest absolute Gasteiger partial charge is 0.457 e. The van der Waals surface area contributed by atoms with Gasteiger partial charge in [0.2, 0.25) is 0 Å². The molecular weight excluding hydrogens is 576 g/mol. The summed E-state index contributed by atoms with van der Waals surface area (Å²) in [5.74, 6) is -1.30. The van der Waals surface area contributed by atoms with E-state index in [2.05, 4.69) is 9.97 Å². The zero-order valence-corrected chi connectivity index (χ0v) is 22.2. The van der Waals surface area contributed by atoms with E-state index in [-0.39, 0.29) is 63.6 Å². The summed E-state index contributed by atoms with van der Waals surface area (Å²) in [4.78, 5) is 7.71. The number of aromatic nitrogens is 2. The second kappa shape index (κ2) is 11.5. The van der Waals surface area contributed by atoms with Gasteiger partial charge in [-0.3, -0.25) is 4.55 Å². The molecule has 1 heterocycles. The van der Waals surface area contributed by atoms with Crippen molar-refractivity contribution >= 4 is 30.9 Å². The van der Waals surface area contributed by atoms with Crippen molar-refractivity contribution in [3.8, 4) is 22.8 Å². The second-order valence-electron chi connectivity index (χ2n) is 8.81. The fourth-order valence-corrected chi connectivity index (χ4v) is 5.99. The third-order valence-corrected chi connectivity index (χ3v) is 8.48. The van der Waals surface area contributed by atoms with Crippen LogP contribution in [0.2, 0.25) is 0 Å². The molecule has 212 valence electrons. The van der Waals surface area contributed by atoms with E-state index >= 15 is 0 Å². The molecule has 40 heavy (non-hydrogen) atoms. The number of hydrogen-bond donors (Lipinski definition) is 1. The molecule has 0 radical (unpaired) electrons. The van der Waals surface area contributed by atoms with E-state index in [1.807, 2.05) is 0 Å². The predicted molar refractivity (Wildman–Crippen MR) is 139 cm³/mol. The van der Waals surface area contributed by atoms with Crippen LogP contribution >= 0.6 is 0 Å². The van der Waals surface area contributed by atoms with Gasteiger partial charge in [0.1, 0.15) is 23.6 Å². The van der Waals surface area contributed by atoms with Gasteiger partial charge in [-0.05, 0) is 55.3 Å². The number of benzene rings is 3. The van der Waals surface area contributed by atoms with Gasteiger partial charge in [0.05, 0.1) is 33.2 Å². The van der Waals surface area contributed by atoms with E-state index in [1.165, 1.54) is 48.5 Å². The van der Waals surface area contributed by atoms with Crippen molar-refractivity contribution in [3.05, 3.63) is 78.4 Å². The molecule has 0 aliphatic rings. The number of halogens is 4. The van der Waals surface area contributed by atoms with E-state index in [0.717, 1.165) is 18.5 Å². The maximum absolute atomic E-state index is 14.9. The minimum atomic E-state index is -4.68. The van der Waals surface area contributed by atoms with Crippen molar-refractivity contribution < 1.29 is 43.7 Å². The Morgan fingerprint density at radius 1 is 0.825 bits per heavy atom. The molecule has 0 amide bonds. The molecule has 1 N–H and O–H groups in total. The molecular formula is C26H22F4N2O6S2. The number of para-hydroxylation sites is 1. The quantitative estimate of drug-likeness (QED) is 0.132. The molecule has 4 aromatic rings. The number of ether oxygens (including phenoxy) is 1. The minimum Gasteiger partial charge on any atom is -0.457 e. The number of fused-ring (bicyclic) bond motifs is 1. The van der Waals surface area contributed by atoms with Crippen LogP contribution in [0.25, 0.3) is 22.2 Å². The van der Waals surface area contributed by atoms with Gasteiger partial charge in [0, 0.05) is 10.9 Å². The number of sulfone groups is 1. The van der Waals surface area contributed by atoms with E-state index in [0.29, 0.717) is 0 Å². The first kappa shape index (κ1) is 29.4. The highest BCUT2D eigenvalue weighted by atomic mass is 32.2. The van der Waals surface area contributed by atoms with E-state index < -0.39 is 43.3 Å². The highest BCUT2D eigenvalue weighted by Gasteiger charge is 2.33. The van der Waals surface area contributed by atoms with Crippen molar-refractivity contribution in [3.63, 3.8) is 0 Å². The maximum Gasteiger partial charge on any atom is 0.418 e. The number of nitrogens with zero attached hydrogens (tertiary/aromatic N) is 2. The zero-order chi connectivity index (χ0) is 29.1. The minimum absolute atomic E-state index is 0.0157. The first-order chi connectivity index (χ1) is 18.7.